The second kappa shape index (κ2) is 6.01. The lowest BCUT2D eigenvalue weighted by atomic mass is 9.87. The first-order chi connectivity index (χ1) is 8.36. The lowest BCUT2D eigenvalue weighted by molar-refractivity contribution is -0.117. The highest BCUT2D eigenvalue weighted by molar-refractivity contribution is 5.94. The van der Waals surface area contributed by atoms with Crippen LogP contribution in [0.5, 0.6) is 0 Å². The molecule has 3 nitrogen and oxygen atoms in total. The van der Waals surface area contributed by atoms with Gasteiger partial charge in [-0.25, -0.2) is 0 Å². The first-order valence-corrected chi connectivity index (χ1v) is 6.44. The van der Waals surface area contributed by atoms with Crippen molar-refractivity contribution in [3.8, 4) is 0 Å². The molecule has 0 aromatic heterocycles. The predicted molar refractivity (Wildman–Crippen MR) is 77.1 cm³/mol. The number of hydrogen-bond acceptors (Lipinski definition) is 2. The van der Waals surface area contributed by atoms with E-state index in [9.17, 15) is 4.79 Å². The molecule has 3 heteroatoms. The van der Waals surface area contributed by atoms with Gasteiger partial charge in [0, 0.05) is 12.7 Å². The van der Waals surface area contributed by atoms with Crippen LogP contribution in [-0.4, -0.2) is 26.0 Å². The molecule has 1 N–H and O–H groups in total. The van der Waals surface area contributed by atoms with Gasteiger partial charge in [-0.15, -0.1) is 0 Å². The average molecular weight is 248 g/mol. The van der Waals surface area contributed by atoms with Crippen LogP contribution in [0.1, 0.15) is 33.3 Å². The van der Waals surface area contributed by atoms with Crippen LogP contribution in [0.2, 0.25) is 0 Å². The Morgan fingerprint density at radius 2 is 1.78 bits per heavy atom. The van der Waals surface area contributed by atoms with Crippen molar-refractivity contribution in [1.82, 2.24) is 5.32 Å². The van der Waals surface area contributed by atoms with Gasteiger partial charge in [-0.1, -0.05) is 39.8 Å². The first-order valence-electron chi connectivity index (χ1n) is 6.44. The van der Waals surface area contributed by atoms with Gasteiger partial charge in [0.15, 0.2) is 0 Å². The fraction of sp³-hybridized carbons (Fsp3) is 0.533. The third-order valence-electron chi connectivity index (χ3n) is 3.02. The number of likely N-dealkylation sites (N-methyl/N-ethyl adjacent to an activating group) is 2. The van der Waals surface area contributed by atoms with Crippen LogP contribution in [0.4, 0.5) is 5.69 Å². The molecule has 0 unspecified atom stereocenters. The van der Waals surface area contributed by atoms with Crippen molar-refractivity contribution in [3.05, 3.63) is 29.8 Å². The lowest BCUT2D eigenvalue weighted by Crippen LogP contribution is -2.35. The van der Waals surface area contributed by atoms with E-state index >= 15 is 0 Å². The largest absolute Gasteiger partial charge is 0.314 e. The van der Waals surface area contributed by atoms with Crippen LogP contribution in [0.25, 0.3) is 0 Å². The highest BCUT2D eigenvalue weighted by Crippen LogP contribution is 2.24. The maximum atomic E-state index is 11.8. The molecule has 0 heterocycles. The van der Waals surface area contributed by atoms with E-state index in [-0.39, 0.29) is 11.3 Å². The van der Waals surface area contributed by atoms with Gasteiger partial charge in [-0.05, 0) is 29.7 Å². The molecule has 1 amide bonds. The van der Waals surface area contributed by atoms with E-state index in [0.717, 1.165) is 12.2 Å². The molecule has 1 aromatic carbocycles. The van der Waals surface area contributed by atoms with E-state index in [1.807, 2.05) is 26.1 Å². The molecule has 1 rings (SSSR count). The number of hydrogen-bond donors (Lipinski definition) is 1. The zero-order valence-electron chi connectivity index (χ0n) is 12.1. The van der Waals surface area contributed by atoms with Crippen LogP contribution in [0.15, 0.2) is 24.3 Å². The fourth-order valence-electron chi connectivity index (χ4n) is 1.68. The summed E-state index contributed by atoms with van der Waals surface area (Å²) in [6.07, 6.45) is 0. The van der Waals surface area contributed by atoms with Crippen LogP contribution >= 0.6 is 0 Å². The Balaban J connectivity index is 2.76. The van der Waals surface area contributed by atoms with E-state index in [1.54, 1.807) is 4.90 Å². The smallest absolute Gasteiger partial charge is 0.240 e. The van der Waals surface area contributed by atoms with Gasteiger partial charge in [0.25, 0.3) is 0 Å². The van der Waals surface area contributed by atoms with E-state index in [4.69, 9.17) is 0 Å². The van der Waals surface area contributed by atoms with Gasteiger partial charge in [-0.2, -0.15) is 0 Å². The van der Waals surface area contributed by atoms with E-state index in [1.165, 1.54) is 5.56 Å². The molecule has 0 aliphatic rings. The first kappa shape index (κ1) is 14.7. The maximum Gasteiger partial charge on any atom is 0.240 e. The van der Waals surface area contributed by atoms with Gasteiger partial charge in [0.2, 0.25) is 5.91 Å². The summed E-state index contributed by atoms with van der Waals surface area (Å²) in [5, 5.41) is 3.04. The third kappa shape index (κ3) is 3.84. The summed E-state index contributed by atoms with van der Waals surface area (Å²) < 4.78 is 0. The number of nitrogens with one attached hydrogen (secondary N) is 1. The number of rotatable bonds is 4. The van der Waals surface area contributed by atoms with Crippen molar-refractivity contribution >= 4 is 11.6 Å². The van der Waals surface area contributed by atoms with E-state index in [0.29, 0.717) is 6.54 Å². The van der Waals surface area contributed by atoms with Gasteiger partial charge in [0.1, 0.15) is 0 Å². The minimum atomic E-state index is 0.0837. The molecule has 0 radical (unpaired) electrons. The summed E-state index contributed by atoms with van der Waals surface area (Å²) in [5.41, 5.74) is 2.36. The molecule has 0 spiro atoms. The highest BCUT2D eigenvalue weighted by Gasteiger charge is 2.15. The van der Waals surface area contributed by atoms with Gasteiger partial charge in [0.05, 0.1) is 6.54 Å². The molecule has 100 valence electrons. The van der Waals surface area contributed by atoms with Crippen molar-refractivity contribution in [2.75, 3.05) is 25.0 Å². The van der Waals surface area contributed by atoms with E-state index < -0.39 is 0 Å². The molecule has 18 heavy (non-hydrogen) atoms. The topological polar surface area (TPSA) is 32.3 Å². The Bertz CT molecular complexity index is 390. The number of benzene rings is 1. The fourth-order valence-corrected chi connectivity index (χ4v) is 1.68. The predicted octanol–water partition coefficient (Wildman–Crippen LogP) is 2.56. The van der Waals surface area contributed by atoms with Crippen LogP contribution in [-0.2, 0) is 10.2 Å². The summed E-state index contributed by atoms with van der Waals surface area (Å²) in [4.78, 5) is 13.5. The number of anilines is 1. The summed E-state index contributed by atoms with van der Waals surface area (Å²) in [6, 6.07) is 8.19. The highest BCUT2D eigenvalue weighted by atomic mass is 16.2. The molecular formula is C15H24N2O. The Hall–Kier alpha value is -1.35. The van der Waals surface area contributed by atoms with Crippen molar-refractivity contribution in [3.63, 3.8) is 0 Å². The van der Waals surface area contributed by atoms with Crippen LogP contribution < -0.4 is 10.2 Å². The number of carbonyl (C=O) groups excluding carboxylic acids is 1. The number of carbonyl (C=O) groups is 1. The van der Waals surface area contributed by atoms with Crippen molar-refractivity contribution in [2.24, 2.45) is 0 Å². The number of nitrogens with zero attached hydrogens (tertiary/aromatic N) is 1. The molecule has 0 saturated carbocycles. The summed E-state index contributed by atoms with van der Waals surface area (Å²) >= 11 is 0. The second-order valence-corrected chi connectivity index (χ2v) is 5.53. The molecule has 0 atom stereocenters. The summed E-state index contributed by atoms with van der Waals surface area (Å²) in [6.45, 7) is 9.73. The van der Waals surface area contributed by atoms with Gasteiger partial charge < -0.3 is 10.2 Å². The SMILES string of the molecule is CCNCC(=O)N(C)c1ccc(C(C)(C)C)cc1. The monoisotopic (exact) mass is 248 g/mol. The third-order valence-corrected chi connectivity index (χ3v) is 3.02. The zero-order chi connectivity index (χ0) is 13.8. The van der Waals surface area contributed by atoms with Crippen LogP contribution in [0.3, 0.4) is 0 Å². The molecule has 0 aliphatic heterocycles. The Morgan fingerprint density at radius 1 is 1.22 bits per heavy atom. The summed E-state index contributed by atoms with van der Waals surface area (Å²) in [7, 11) is 1.81. The minimum absolute atomic E-state index is 0.0837. The zero-order valence-corrected chi connectivity index (χ0v) is 12.1. The average Bonchev–Trinajstić information content (AvgIpc) is 2.34. The van der Waals surface area contributed by atoms with Crippen molar-refractivity contribution < 1.29 is 4.79 Å². The molecule has 0 saturated heterocycles. The van der Waals surface area contributed by atoms with Crippen LogP contribution in [0, 0.1) is 0 Å². The van der Waals surface area contributed by atoms with Gasteiger partial charge >= 0.3 is 0 Å². The lowest BCUT2D eigenvalue weighted by Gasteiger charge is -2.22. The number of amides is 1. The minimum Gasteiger partial charge on any atom is -0.314 e. The molecule has 0 aliphatic carbocycles. The normalized spacial score (nSPS) is 11.4. The molecular weight excluding hydrogens is 224 g/mol. The molecule has 0 fully saturated rings. The molecule has 1 aromatic rings. The quantitative estimate of drug-likeness (QED) is 0.888. The standard InChI is InChI=1S/C15H24N2O/c1-6-16-11-14(18)17(5)13-9-7-12(8-10-13)15(2,3)4/h7-10,16H,6,11H2,1-5H3. The Kier molecular flexibility index (Phi) is 4.91. The van der Waals surface area contributed by atoms with Crippen molar-refractivity contribution in [1.29, 1.82) is 0 Å². The summed E-state index contributed by atoms with van der Waals surface area (Å²) in [5.74, 6) is 0.0837. The Morgan fingerprint density at radius 3 is 2.22 bits per heavy atom. The molecule has 0 bridgehead atoms. The van der Waals surface area contributed by atoms with Crippen molar-refractivity contribution in [2.45, 2.75) is 33.1 Å². The maximum absolute atomic E-state index is 11.8. The second-order valence-electron chi connectivity index (χ2n) is 5.53. The Labute approximate surface area is 110 Å². The van der Waals surface area contributed by atoms with E-state index in [2.05, 4.69) is 38.2 Å². The van der Waals surface area contributed by atoms with Gasteiger partial charge in [-0.3, -0.25) is 4.79 Å².